The third-order valence-electron chi connectivity index (χ3n) is 3.01. The Morgan fingerprint density at radius 3 is 2.37 bits per heavy atom. The van der Waals surface area contributed by atoms with Crippen LogP contribution in [-0.2, 0) is 9.53 Å². The molecular weight excluding hydrogens is 242 g/mol. The van der Waals surface area contributed by atoms with Crippen LogP contribution in [0.25, 0.3) is 0 Å². The maximum Gasteiger partial charge on any atom is 0.347 e. The van der Waals surface area contributed by atoms with Gasteiger partial charge in [0.15, 0.2) is 6.10 Å². The second-order valence-electron chi connectivity index (χ2n) is 4.35. The fraction of sp³-hybridized carbons (Fsp3) is 0.533. The standard InChI is InChI=1S/C15H23NO3/c1-5-14(15(17)18-6-2)19-13-9-7-12(8-10-13)11(3)16-4/h7-11,14,16H,5-6H2,1-4H3. The van der Waals surface area contributed by atoms with Gasteiger partial charge in [0.25, 0.3) is 0 Å². The zero-order valence-electron chi connectivity index (χ0n) is 12.1. The van der Waals surface area contributed by atoms with Gasteiger partial charge in [-0.05, 0) is 45.0 Å². The minimum atomic E-state index is -0.535. The molecule has 0 amide bonds. The van der Waals surface area contributed by atoms with Gasteiger partial charge in [-0.1, -0.05) is 19.1 Å². The summed E-state index contributed by atoms with van der Waals surface area (Å²) in [6, 6.07) is 8.04. The molecule has 1 aromatic carbocycles. The fourth-order valence-electron chi connectivity index (χ4n) is 1.70. The summed E-state index contributed by atoms with van der Waals surface area (Å²) < 4.78 is 10.6. The summed E-state index contributed by atoms with van der Waals surface area (Å²) in [6.07, 6.45) is 0.0561. The number of hydrogen-bond donors (Lipinski definition) is 1. The number of rotatable bonds is 7. The van der Waals surface area contributed by atoms with E-state index in [4.69, 9.17) is 9.47 Å². The largest absolute Gasteiger partial charge is 0.479 e. The van der Waals surface area contributed by atoms with Crippen LogP contribution in [0.5, 0.6) is 5.75 Å². The highest BCUT2D eigenvalue weighted by Gasteiger charge is 2.19. The first kappa shape index (κ1) is 15.5. The van der Waals surface area contributed by atoms with Crippen LogP contribution in [0.15, 0.2) is 24.3 Å². The van der Waals surface area contributed by atoms with Gasteiger partial charge in [-0.25, -0.2) is 4.79 Å². The van der Waals surface area contributed by atoms with E-state index >= 15 is 0 Å². The lowest BCUT2D eigenvalue weighted by atomic mass is 10.1. The number of ether oxygens (including phenoxy) is 2. The minimum Gasteiger partial charge on any atom is -0.479 e. The molecular formula is C15H23NO3. The van der Waals surface area contributed by atoms with Crippen LogP contribution >= 0.6 is 0 Å². The van der Waals surface area contributed by atoms with Gasteiger partial charge in [0.05, 0.1) is 6.61 Å². The van der Waals surface area contributed by atoms with E-state index in [9.17, 15) is 4.79 Å². The maximum absolute atomic E-state index is 11.6. The van der Waals surface area contributed by atoms with E-state index in [-0.39, 0.29) is 5.97 Å². The van der Waals surface area contributed by atoms with E-state index in [0.717, 1.165) is 0 Å². The minimum absolute atomic E-state index is 0.293. The van der Waals surface area contributed by atoms with Crippen molar-refractivity contribution in [3.8, 4) is 5.75 Å². The molecule has 19 heavy (non-hydrogen) atoms. The van der Waals surface area contributed by atoms with Crippen LogP contribution in [0.4, 0.5) is 0 Å². The Labute approximate surface area is 115 Å². The topological polar surface area (TPSA) is 47.6 Å². The third kappa shape index (κ3) is 4.56. The van der Waals surface area contributed by atoms with Gasteiger partial charge in [0, 0.05) is 6.04 Å². The predicted octanol–water partition coefficient (Wildman–Crippen LogP) is 2.69. The summed E-state index contributed by atoms with van der Waals surface area (Å²) in [6.45, 7) is 6.15. The van der Waals surface area contributed by atoms with Gasteiger partial charge < -0.3 is 14.8 Å². The van der Waals surface area contributed by atoms with E-state index < -0.39 is 6.10 Å². The van der Waals surface area contributed by atoms with Crippen molar-refractivity contribution in [2.45, 2.75) is 39.3 Å². The SMILES string of the molecule is CCOC(=O)C(CC)Oc1ccc(C(C)NC)cc1. The second-order valence-corrected chi connectivity index (χ2v) is 4.35. The molecule has 0 radical (unpaired) electrons. The molecule has 0 aromatic heterocycles. The van der Waals surface area contributed by atoms with Crippen molar-refractivity contribution >= 4 is 5.97 Å². The van der Waals surface area contributed by atoms with Crippen molar-refractivity contribution in [3.05, 3.63) is 29.8 Å². The first-order chi connectivity index (χ1) is 9.12. The zero-order valence-corrected chi connectivity index (χ0v) is 12.1. The zero-order chi connectivity index (χ0) is 14.3. The van der Waals surface area contributed by atoms with Gasteiger partial charge in [0.1, 0.15) is 5.75 Å². The van der Waals surface area contributed by atoms with Crippen molar-refractivity contribution < 1.29 is 14.3 Å². The molecule has 4 heteroatoms. The normalized spacial score (nSPS) is 13.7. The Hall–Kier alpha value is -1.55. The summed E-state index contributed by atoms with van der Waals surface area (Å²) in [4.78, 5) is 11.6. The number of nitrogens with one attached hydrogen (secondary N) is 1. The molecule has 0 bridgehead atoms. The average molecular weight is 265 g/mol. The fourth-order valence-corrected chi connectivity index (χ4v) is 1.70. The molecule has 1 aromatic rings. The first-order valence-electron chi connectivity index (χ1n) is 6.72. The van der Waals surface area contributed by atoms with Gasteiger partial charge in [-0.3, -0.25) is 0 Å². The molecule has 2 atom stereocenters. The average Bonchev–Trinajstić information content (AvgIpc) is 2.44. The highest BCUT2D eigenvalue weighted by molar-refractivity contribution is 5.75. The molecule has 1 N–H and O–H groups in total. The Balaban J connectivity index is 2.68. The molecule has 0 spiro atoms. The van der Waals surface area contributed by atoms with E-state index in [1.165, 1.54) is 5.56 Å². The van der Waals surface area contributed by atoms with Crippen molar-refractivity contribution in [2.24, 2.45) is 0 Å². The molecule has 0 aliphatic rings. The molecule has 0 saturated carbocycles. The lowest BCUT2D eigenvalue weighted by molar-refractivity contribution is -0.151. The van der Waals surface area contributed by atoms with Crippen LogP contribution in [0.3, 0.4) is 0 Å². The number of benzene rings is 1. The molecule has 0 saturated heterocycles. The molecule has 2 unspecified atom stereocenters. The summed E-state index contributed by atoms with van der Waals surface area (Å²) in [5, 5.41) is 3.17. The van der Waals surface area contributed by atoms with Crippen molar-refractivity contribution in [1.82, 2.24) is 5.32 Å². The molecule has 106 valence electrons. The quantitative estimate of drug-likeness (QED) is 0.770. The molecule has 0 aliphatic heterocycles. The summed E-state index contributed by atoms with van der Waals surface area (Å²) in [5.74, 6) is 0.379. The maximum atomic E-state index is 11.6. The van der Waals surface area contributed by atoms with Crippen LogP contribution in [0.2, 0.25) is 0 Å². The highest BCUT2D eigenvalue weighted by Crippen LogP contribution is 2.19. The number of esters is 1. The first-order valence-corrected chi connectivity index (χ1v) is 6.72. The summed E-state index contributed by atoms with van der Waals surface area (Å²) in [5.41, 5.74) is 1.18. The van der Waals surface area contributed by atoms with Gasteiger partial charge in [0.2, 0.25) is 0 Å². The third-order valence-corrected chi connectivity index (χ3v) is 3.01. The lowest BCUT2D eigenvalue weighted by Crippen LogP contribution is -2.28. The molecule has 4 nitrogen and oxygen atoms in total. The van der Waals surface area contributed by atoms with Crippen molar-refractivity contribution in [3.63, 3.8) is 0 Å². The monoisotopic (exact) mass is 265 g/mol. The van der Waals surface area contributed by atoms with Crippen molar-refractivity contribution in [2.75, 3.05) is 13.7 Å². The van der Waals surface area contributed by atoms with E-state index in [1.807, 2.05) is 38.2 Å². The summed E-state index contributed by atoms with van der Waals surface area (Å²) in [7, 11) is 1.92. The van der Waals surface area contributed by atoms with E-state index in [0.29, 0.717) is 24.8 Å². The van der Waals surface area contributed by atoms with Crippen LogP contribution in [0, 0.1) is 0 Å². The Bertz CT molecular complexity index is 389. The van der Waals surface area contributed by atoms with E-state index in [1.54, 1.807) is 6.92 Å². The Morgan fingerprint density at radius 1 is 1.26 bits per heavy atom. The Kier molecular flexibility index (Phi) is 6.36. The van der Waals surface area contributed by atoms with E-state index in [2.05, 4.69) is 12.2 Å². The van der Waals surface area contributed by atoms with Gasteiger partial charge in [-0.15, -0.1) is 0 Å². The second kappa shape index (κ2) is 7.79. The van der Waals surface area contributed by atoms with Crippen LogP contribution in [-0.4, -0.2) is 25.7 Å². The molecule has 1 rings (SSSR count). The number of carbonyl (C=O) groups is 1. The Morgan fingerprint density at radius 2 is 1.89 bits per heavy atom. The van der Waals surface area contributed by atoms with Gasteiger partial charge in [-0.2, -0.15) is 0 Å². The summed E-state index contributed by atoms with van der Waals surface area (Å²) >= 11 is 0. The highest BCUT2D eigenvalue weighted by atomic mass is 16.6. The van der Waals surface area contributed by atoms with Crippen molar-refractivity contribution in [1.29, 1.82) is 0 Å². The number of carbonyl (C=O) groups excluding carboxylic acids is 1. The lowest BCUT2D eigenvalue weighted by Gasteiger charge is -2.17. The van der Waals surface area contributed by atoms with Gasteiger partial charge >= 0.3 is 5.97 Å². The number of hydrogen-bond acceptors (Lipinski definition) is 4. The molecule has 0 fully saturated rings. The smallest absolute Gasteiger partial charge is 0.347 e. The van der Waals surface area contributed by atoms with Crippen LogP contribution < -0.4 is 10.1 Å². The predicted molar refractivity (Wildman–Crippen MR) is 75.3 cm³/mol. The van der Waals surface area contributed by atoms with Crippen LogP contribution in [0.1, 0.15) is 38.8 Å². The molecule has 0 aliphatic carbocycles. The molecule has 0 heterocycles.